The van der Waals surface area contributed by atoms with E-state index in [1.165, 1.54) is 18.2 Å². The zero-order valence-electron chi connectivity index (χ0n) is 20.7. The number of nitriles is 1. The van der Waals surface area contributed by atoms with Gasteiger partial charge in [0.15, 0.2) is 0 Å². The lowest BCUT2D eigenvalue weighted by Crippen LogP contribution is -2.29. The number of nitrogens with zero attached hydrogens (tertiary/aromatic N) is 4. The van der Waals surface area contributed by atoms with Crippen molar-refractivity contribution < 1.29 is 14.3 Å². The molecule has 0 aliphatic heterocycles. The molecule has 2 N–H and O–H groups in total. The van der Waals surface area contributed by atoms with Crippen LogP contribution in [0.2, 0.25) is 0 Å². The van der Waals surface area contributed by atoms with Crippen molar-refractivity contribution in [3.63, 3.8) is 0 Å². The molecule has 0 saturated carbocycles. The lowest BCUT2D eigenvalue weighted by Gasteiger charge is -2.13. The highest BCUT2D eigenvalue weighted by atomic mass is 19.1. The smallest absolute Gasteiger partial charge is 0.255 e. The summed E-state index contributed by atoms with van der Waals surface area (Å²) in [6.45, 7) is 4.37. The Bertz CT molecular complexity index is 1420. The van der Waals surface area contributed by atoms with Crippen LogP contribution >= 0.6 is 0 Å². The van der Waals surface area contributed by atoms with Crippen molar-refractivity contribution in [2.75, 3.05) is 6.54 Å². The van der Waals surface area contributed by atoms with E-state index in [0.717, 1.165) is 22.4 Å². The molecule has 0 fully saturated rings. The van der Waals surface area contributed by atoms with Gasteiger partial charge in [-0.2, -0.15) is 10.4 Å². The van der Waals surface area contributed by atoms with Crippen molar-refractivity contribution in [1.82, 2.24) is 20.1 Å². The van der Waals surface area contributed by atoms with E-state index in [-0.39, 0.29) is 35.0 Å². The Labute approximate surface area is 215 Å². The molecule has 2 aromatic carbocycles. The number of hydrogen-bond donors (Lipinski definition) is 2. The quantitative estimate of drug-likeness (QED) is 0.316. The summed E-state index contributed by atoms with van der Waals surface area (Å²) < 4.78 is 15.3. The van der Waals surface area contributed by atoms with Gasteiger partial charge >= 0.3 is 0 Å². The summed E-state index contributed by atoms with van der Waals surface area (Å²) in [5.74, 6) is -0.608. The van der Waals surface area contributed by atoms with Crippen LogP contribution < -0.4 is 5.32 Å². The van der Waals surface area contributed by atoms with Crippen molar-refractivity contribution in [2.24, 2.45) is 5.92 Å². The minimum Gasteiger partial charge on any atom is -0.507 e. The number of carbonyl (C=O) groups excluding carboxylic acids is 1. The van der Waals surface area contributed by atoms with E-state index in [0.29, 0.717) is 25.1 Å². The summed E-state index contributed by atoms with van der Waals surface area (Å²) in [5.41, 5.74) is 4.34. The molecule has 7 nitrogen and oxygen atoms in total. The normalized spacial score (nSPS) is 12.5. The van der Waals surface area contributed by atoms with Crippen LogP contribution in [0.15, 0.2) is 73.1 Å². The molecule has 37 heavy (non-hydrogen) atoms. The van der Waals surface area contributed by atoms with Gasteiger partial charge in [0, 0.05) is 35.8 Å². The van der Waals surface area contributed by atoms with E-state index in [1.807, 2.05) is 32.2 Å². The first-order valence-corrected chi connectivity index (χ1v) is 12.1. The number of hydrogen-bond acceptors (Lipinski definition) is 5. The number of aromatic nitrogens is 3. The van der Waals surface area contributed by atoms with Gasteiger partial charge in [0.1, 0.15) is 17.3 Å². The van der Waals surface area contributed by atoms with Crippen LogP contribution in [0.3, 0.4) is 0 Å². The van der Waals surface area contributed by atoms with Crippen LogP contribution in [0.5, 0.6) is 5.75 Å². The van der Waals surface area contributed by atoms with E-state index in [2.05, 4.69) is 16.4 Å². The summed E-state index contributed by atoms with van der Waals surface area (Å²) in [5, 5.41) is 26.6. The molecule has 0 spiro atoms. The molecule has 0 saturated heterocycles. The van der Waals surface area contributed by atoms with Gasteiger partial charge in [0.05, 0.1) is 24.1 Å². The van der Waals surface area contributed by atoms with Crippen LogP contribution in [-0.4, -0.2) is 32.3 Å². The van der Waals surface area contributed by atoms with E-state index in [4.69, 9.17) is 10.4 Å². The molecule has 0 bridgehead atoms. The first-order chi connectivity index (χ1) is 17.9. The van der Waals surface area contributed by atoms with Crippen molar-refractivity contribution >= 4 is 5.91 Å². The second-order valence-corrected chi connectivity index (χ2v) is 9.16. The maximum Gasteiger partial charge on any atom is 0.255 e. The number of para-hydroxylation sites is 1. The van der Waals surface area contributed by atoms with Crippen LogP contribution in [-0.2, 0) is 6.42 Å². The lowest BCUT2D eigenvalue weighted by molar-refractivity contribution is 0.0945. The number of aromatic hydroxyl groups is 1. The molecule has 0 aliphatic carbocycles. The van der Waals surface area contributed by atoms with Crippen LogP contribution in [0.25, 0.3) is 22.4 Å². The number of halogens is 1. The van der Waals surface area contributed by atoms with E-state index >= 15 is 0 Å². The lowest BCUT2D eigenvalue weighted by atomic mass is 9.99. The fourth-order valence-corrected chi connectivity index (χ4v) is 4.09. The molecular weight excluding hydrogens is 469 g/mol. The van der Waals surface area contributed by atoms with Gasteiger partial charge in [-0.3, -0.25) is 14.5 Å². The molecule has 0 aliphatic rings. The first kappa shape index (κ1) is 25.6. The summed E-state index contributed by atoms with van der Waals surface area (Å²) in [4.78, 5) is 16.9. The molecule has 4 rings (SSSR count). The number of nitrogens with one attached hydrogen (secondary N) is 1. The number of benzene rings is 2. The second kappa shape index (κ2) is 11.5. The van der Waals surface area contributed by atoms with Crippen LogP contribution in [0, 0.1) is 23.1 Å². The zero-order chi connectivity index (χ0) is 26.4. The highest BCUT2D eigenvalue weighted by molar-refractivity contribution is 5.96. The molecule has 2 heterocycles. The summed E-state index contributed by atoms with van der Waals surface area (Å²) >= 11 is 0. The average Bonchev–Trinajstić information content (AvgIpc) is 3.34. The van der Waals surface area contributed by atoms with Crippen LogP contribution in [0.1, 0.15) is 42.4 Å². The Morgan fingerprint density at radius 3 is 2.62 bits per heavy atom. The standard InChI is InChI=1S/C29H28FN5O2/c1-19(17-33-29(37)25-5-3-4-6-27(25)36)15-24-16-22(12-14-32-24)26-18-35(20(2)11-13-31)34-28(26)21-7-9-23(30)10-8-21/h3-10,12,14,16,18-20,36H,11,15,17H2,1-2H3,(H,33,37). The molecular formula is C29H28FN5O2. The Hall–Kier alpha value is -4.51. The topological polar surface area (TPSA) is 104 Å². The molecule has 188 valence electrons. The van der Waals surface area contributed by atoms with Crippen molar-refractivity contribution in [1.29, 1.82) is 5.26 Å². The number of carbonyl (C=O) groups is 1. The molecule has 0 radical (unpaired) electrons. The average molecular weight is 498 g/mol. The summed E-state index contributed by atoms with van der Waals surface area (Å²) in [6, 6.07) is 18.6. The minimum absolute atomic E-state index is 0.0522. The number of phenols is 1. The third kappa shape index (κ3) is 6.19. The van der Waals surface area contributed by atoms with Crippen molar-refractivity contribution in [3.8, 4) is 34.2 Å². The predicted molar refractivity (Wildman–Crippen MR) is 139 cm³/mol. The molecule has 1 amide bonds. The van der Waals surface area contributed by atoms with Crippen LogP contribution in [0.4, 0.5) is 4.39 Å². The Kier molecular flexibility index (Phi) is 7.94. The molecule has 4 aromatic rings. The largest absolute Gasteiger partial charge is 0.507 e. The Balaban J connectivity index is 1.54. The Morgan fingerprint density at radius 2 is 1.89 bits per heavy atom. The highest BCUT2D eigenvalue weighted by Gasteiger charge is 2.18. The summed E-state index contributed by atoms with van der Waals surface area (Å²) in [6.07, 6.45) is 4.59. The molecule has 2 aromatic heterocycles. The number of phenolic OH excluding ortho intramolecular Hbond substituents is 1. The molecule has 2 unspecified atom stereocenters. The molecule has 8 heteroatoms. The SMILES string of the molecule is CC(CNC(=O)c1ccccc1O)Cc1cc(-c2cn(C(C)CC#N)nc2-c2ccc(F)cc2)ccn1. The van der Waals surface area contributed by atoms with E-state index in [9.17, 15) is 14.3 Å². The van der Waals surface area contributed by atoms with Gasteiger partial charge in [0.25, 0.3) is 5.91 Å². The highest BCUT2D eigenvalue weighted by Crippen LogP contribution is 2.33. The maximum atomic E-state index is 13.6. The first-order valence-electron chi connectivity index (χ1n) is 12.1. The van der Waals surface area contributed by atoms with Gasteiger partial charge in [-0.15, -0.1) is 0 Å². The number of pyridine rings is 1. The van der Waals surface area contributed by atoms with Gasteiger partial charge in [-0.1, -0.05) is 19.1 Å². The van der Waals surface area contributed by atoms with E-state index in [1.54, 1.807) is 41.2 Å². The predicted octanol–water partition coefficient (Wildman–Crippen LogP) is 5.54. The zero-order valence-corrected chi connectivity index (χ0v) is 20.7. The maximum absolute atomic E-state index is 13.6. The fraction of sp³-hybridized carbons (Fsp3) is 0.241. The second-order valence-electron chi connectivity index (χ2n) is 9.16. The van der Waals surface area contributed by atoms with Crippen molar-refractivity contribution in [3.05, 3.63) is 90.1 Å². The van der Waals surface area contributed by atoms with Gasteiger partial charge in [0.2, 0.25) is 0 Å². The third-order valence-corrected chi connectivity index (χ3v) is 6.13. The van der Waals surface area contributed by atoms with Crippen molar-refractivity contribution in [2.45, 2.75) is 32.7 Å². The van der Waals surface area contributed by atoms with Gasteiger partial charge in [-0.25, -0.2) is 4.39 Å². The number of amides is 1. The fourth-order valence-electron chi connectivity index (χ4n) is 4.09. The van der Waals surface area contributed by atoms with Gasteiger partial charge in [-0.05, 0) is 73.4 Å². The van der Waals surface area contributed by atoms with E-state index < -0.39 is 0 Å². The number of rotatable bonds is 9. The third-order valence-electron chi connectivity index (χ3n) is 6.13. The summed E-state index contributed by atoms with van der Waals surface area (Å²) in [7, 11) is 0. The monoisotopic (exact) mass is 497 g/mol. The minimum atomic E-state index is -0.325. The Morgan fingerprint density at radius 1 is 1.14 bits per heavy atom. The van der Waals surface area contributed by atoms with Gasteiger partial charge < -0.3 is 10.4 Å². The molecule has 2 atom stereocenters.